The SMILES string of the molecule is Cc1ccccc1-c1cccc2c1nc(N1CCNCC1)n2Cc1ccc(F)c(Cl)c1.O=C(O)C(F)(F)F. The van der Waals surface area contributed by atoms with Crippen molar-refractivity contribution >= 4 is 34.6 Å². The molecule has 38 heavy (non-hydrogen) atoms. The van der Waals surface area contributed by atoms with Crippen molar-refractivity contribution in [3.8, 4) is 11.1 Å². The van der Waals surface area contributed by atoms with Crippen LogP contribution in [-0.4, -0.2) is 53.0 Å². The fraction of sp³-hybridized carbons (Fsp3) is 0.259. The van der Waals surface area contributed by atoms with Gasteiger partial charge in [0.2, 0.25) is 5.95 Å². The highest BCUT2D eigenvalue weighted by molar-refractivity contribution is 6.30. The minimum absolute atomic E-state index is 0.145. The number of alkyl halides is 3. The number of hydrogen-bond donors (Lipinski definition) is 2. The Morgan fingerprint density at radius 3 is 2.34 bits per heavy atom. The van der Waals surface area contributed by atoms with Gasteiger partial charge in [0.15, 0.2) is 0 Å². The van der Waals surface area contributed by atoms with Gasteiger partial charge in [-0.25, -0.2) is 14.2 Å². The van der Waals surface area contributed by atoms with E-state index in [-0.39, 0.29) is 5.02 Å². The van der Waals surface area contributed by atoms with Gasteiger partial charge in [-0.15, -0.1) is 0 Å². The van der Waals surface area contributed by atoms with Gasteiger partial charge in [0, 0.05) is 31.7 Å². The highest BCUT2D eigenvalue weighted by atomic mass is 35.5. The molecule has 0 radical (unpaired) electrons. The van der Waals surface area contributed by atoms with Gasteiger partial charge in [-0.05, 0) is 41.8 Å². The zero-order valence-corrected chi connectivity index (χ0v) is 21.2. The van der Waals surface area contributed by atoms with Crippen LogP contribution in [0, 0.1) is 12.7 Å². The molecule has 5 rings (SSSR count). The van der Waals surface area contributed by atoms with Crippen LogP contribution >= 0.6 is 11.6 Å². The summed E-state index contributed by atoms with van der Waals surface area (Å²) in [7, 11) is 0. The van der Waals surface area contributed by atoms with Gasteiger partial charge < -0.3 is 19.9 Å². The van der Waals surface area contributed by atoms with Gasteiger partial charge in [-0.3, -0.25) is 0 Å². The number of aryl methyl sites for hydroxylation is 1. The third-order valence-electron chi connectivity index (χ3n) is 6.16. The lowest BCUT2D eigenvalue weighted by atomic mass is 9.99. The number of hydrogen-bond acceptors (Lipinski definition) is 4. The van der Waals surface area contributed by atoms with Crippen LogP contribution in [0.5, 0.6) is 0 Å². The molecular formula is C27H25ClF4N4O2. The molecule has 200 valence electrons. The summed E-state index contributed by atoms with van der Waals surface area (Å²) < 4.78 is 47.7. The van der Waals surface area contributed by atoms with Gasteiger partial charge >= 0.3 is 12.1 Å². The highest BCUT2D eigenvalue weighted by Crippen LogP contribution is 2.34. The van der Waals surface area contributed by atoms with E-state index in [4.69, 9.17) is 26.5 Å². The molecule has 6 nitrogen and oxygen atoms in total. The van der Waals surface area contributed by atoms with Gasteiger partial charge in [0.25, 0.3) is 0 Å². The van der Waals surface area contributed by atoms with E-state index in [1.54, 1.807) is 12.1 Å². The maximum atomic E-state index is 13.7. The Morgan fingerprint density at radius 1 is 1.05 bits per heavy atom. The number of nitrogens with one attached hydrogen (secondary N) is 1. The number of para-hydroxylation sites is 1. The van der Waals surface area contributed by atoms with Crippen LogP contribution in [0.25, 0.3) is 22.2 Å². The van der Waals surface area contributed by atoms with Crippen molar-refractivity contribution in [1.29, 1.82) is 0 Å². The van der Waals surface area contributed by atoms with Crippen LogP contribution in [0.15, 0.2) is 60.7 Å². The Morgan fingerprint density at radius 2 is 1.71 bits per heavy atom. The first-order valence-corrected chi connectivity index (χ1v) is 12.2. The van der Waals surface area contributed by atoms with E-state index in [9.17, 15) is 17.6 Å². The molecule has 0 aliphatic carbocycles. The number of carbonyl (C=O) groups is 1. The van der Waals surface area contributed by atoms with E-state index in [1.807, 2.05) is 0 Å². The number of imidazole rings is 1. The largest absolute Gasteiger partial charge is 0.490 e. The Bertz CT molecular complexity index is 1450. The van der Waals surface area contributed by atoms with Crippen LogP contribution in [-0.2, 0) is 11.3 Å². The summed E-state index contributed by atoms with van der Waals surface area (Å²) in [6.07, 6.45) is -5.08. The highest BCUT2D eigenvalue weighted by Gasteiger charge is 2.38. The van der Waals surface area contributed by atoms with Crippen molar-refractivity contribution in [2.24, 2.45) is 0 Å². The third kappa shape index (κ3) is 6.08. The summed E-state index contributed by atoms with van der Waals surface area (Å²) in [5, 5.41) is 10.7. The van der Waals surface area contributed by atoms with E-state index >= 15 is 0 Å². The fourth-order valence-electron chi connectivity index (χ4n) is 4.31. The first-order chi connectivity index (χ1) is 18.1. The molecule has 2 N–H and O–H groups in total. The number of fused-ring (bicyclic) bond motifs is 1. The van der Waals surface area contributed by atoms with E-state index in [1.165, 1.54) is 17.2 Å². The number of halogens is 5. The lowest BCUT2D eigenvalue weighted by Crippen LogP contribution is -2.44. The first-order valence-electron chi connectivity index (χ1n) is 11.8. The molecule has 11 heteroatoms. The number of rotatable bonds is 4. The van der Waals surface area contributed by atoms with Gasteiger partial charge in [-0.1, -0.05) is 54.1 Å². The number of benzene rings is 3. The normalized spacial score (nSPS) is 13.8. The Hall–Kier alpha value is -3.63. The van der Waals surface area contributed by atoms with Gasteiger partial charge in [0.1, 0.15) is 5.82 Å². The van der Waals surface area contributed by atoms with Crippen molar-refractivity contribution in [3.05, 3.63) is 82.6 Å². The smallest absolute Gasteiger partial charge is 0.475 e. The third-order valence-corrected chi connectivity index (χ3v) is 6.45. The number of carboxylic acid groups (broad SMARTS) is 1. The van der Waals surface area contributed by atoms with Crippen LogP contribution in [0.2, 0.25) is 5.02 Å². The van der Waals surface area contributed by atoms with E-state index in [0.29, 0.717) is 6.54 Å². The molecule has 2 heterocycles. The van der Waals surface area contributed by atoms with Crippen LogP contribution in [0.1, 0.15) is 11.1 Å². The van der Waals surface area contributed by atoms with Crippen molar-refractivity contribution in [2.75, 3.05) is 31.1 Å². The minimum Gasteiger partial charge on any atom is -0.475 e. The summed E-state index contributed by atoms with van der Waals surface area (Å²) >= 11 is 6.06. The number of aromatic nitrogens is 2. The van der Waals surface area contributed by atoms with Crippen molar-refractivity contribution in [1.82, 2.24) is 14.9 Å². The molecule has 0 saturated carbocycles. The molecule has 1 saturated heterocycles. The number of aliphatic carboxylic acids is 1. The summed E-state index contributed by atoms with van der Waals surface area (Å²) in [4.78, 5) is 16.4. The monoisotopic (exact) mass is 548 g/mol. The molecule has 0 bridgehead atoms. The summed E-state index contributed by atoms with van der Waals surface area (Å²) in [5.74, 6) is -2.21. The molecule has 0 atom stereocenters. The molecule has 1 aromatic heterocycles. The lowest BCUT2D eigenvalue weighted by Gasteiger charge is -2.29. The average Bonchev–Trinajstić information content (AvgIpc) is 3.25. The summed E-state index contributed by atoms with van der Waals surface area (Å²) in [5.41, 5.74) is 6.53. The molecule has 3 aromatic carbocycles. The minimum atomic E-state index is -5.08. The molecule has 1 fully saturated rings. The van der Waals surface area contributed by atoms with Crippen molar-refractivity contribution in [3.63, 3.8) is 0 Å². The van der Waals surface area contributed by atoms with Crippen molar-refractivity contribution in [2.45, 2.75) is 19.6 Å². The Kier molecular flexibility index (Phi) is 8.23. The van der Waals surface area contributed by atoms with Crippen LogP contribution < -0.4 is 10.2 Å². The summed E-state index contributed by atoms with van der Waals surface area (Å²) in [6.45, 7) is 6.35. The number of anilines is 1. The second kappa shape index (κ2) is 11.4. The first kappa shape index (κ1) is 27.4. The number of nitrogens with zero attached hydrogens (tertiary/aromatic N) is 3. The zero-order chi connectivity index (χ0) is 27.4. The molecule has 1 aliphatic rings. The van der Waals surface area contributed by atoms with Crippen LogP contribution in [0.4, 0.5) is 23.5 Å². The maximum absolute atomic E-state index is 13.7. The van der Waals surface area contributed by atoms with Crippen LogP contribution in [0.3, 0.4) is 0 Å². The van der Waals surface area contributed by atoms with E-state index in [2.05, 4.69) is 64.2 Å². The quantitative estimate of drug-likeness (QED) is 0.311. The molecule has 0 amide bonds. The molecule has 4 aromatic rings. The molecule has 0 spiro atoms. The Balaban J connectivity index is 0.000000426. The van der Waals surface area contributed by atoms with Gasteiger partial charge in [0.05, 0.1) is 22.6 Å². The lowest BCUT2D eigenvalue weighted by molar-refractivity contribution is -0.192. The predicted molar refractivity (Wildman–Crippen MR) is 139 cm³/mol. The topological polar surface area (TPSA) is 70.4 Å². The summed E-state index contributed by atoms with van der Waals surface area (Å²) in [6, 6.07) is 19.7. The fourth-order valence-corrected chi connectivity index (χ4v) is 4.51. The molecule has 0 unspecified atom stereocenters. The van der Waals surface area contributed by atoms with E-state index in [0.717, 1.165) is 54.3 Å². The molecular weight excluding hydrogens is 524 g/mol. The number of piperazine rings is 1. The number of carboxylic acids is 1. The average molecular weight is 549 g/mol. The second-order valence-corrected chi connectivity index (χ2v) is 9.18. The predicted octanol–water partition coefficient (Wildman–Crippen LogP) is 5.90. The maximum Gasteiger partial charge on any atom is 0.490 e. The van der Waals surface area contributed by atoms with Gasteiger partial charge in [-0.2, -0.15) is 13.2 Å². The van der Waals surface area contributed by atoms with Crippen molar-refractivity contribution < 1.29 is 27.5 Å². The van der Waals surface area contributed by atoms with E-state index < -0.39 is 18.0 Å². The molecule has 1 aliphatic heterocycles. The standard InChI is InChI=1S/C25H24ClFN4.C2HF3O2/c1-17-5-2-3-6-19(17)20-7-4-8-23-24(20)29-25(30-13-11-28-12-14-30)31(23)16-18-9-10-22(27)21(26)15-18;3-2(4,5)1(6)7/h2-10,15,28H,11-14,16H2,1H3;(H,6,7). The zero-order valence-electron chi connectivity index (χ0n) is 20.4. The Labute approximate surface area is 221 Å². The second-order valence-electron chi connectivity index (χ2n) is 8.77.